The molecule has 0 saturated heterocycles. The van der Waals surface area contributed by atoms with Crippen molar-refractivity contribution in [3.05, 3.63) is 0 Å². The average Bonchev–Trinajstić information content (AvgIpc) is 2.27. The Morgan fingerprint density at radius 1 is 1.41 bits per heavy atom. The molecule has 0 aromatic heterocycles. The first-order valence-corrected chi connectivity index (χ1v) is 5.93. The molecule has 17 heavy (non-hydrogen) atoms. The van der Waals surface area contributed by atoms with Gasteiger partial charge in [-0.25, -0.2) is 4.79 Å². The molecule has 0 radical (unpaired) electrons. The Kier molecular flexibility index (Phi) is 4.89. The molecule has 0 aromatic carbocycles. The lowest BCUT2D eigenvalue weighted by molar-refractivity contribution is -0.126. The third-order valence-corrected chi connectivity index (χ3v) is 3.45. The highest BCUT2D eigenvalue weighted by Gasteiger charge is 2.31. The Morgan fingerprint density at radius 3 is 2.53 bits per heavy atom. The second-order valence-electron chi connectivity index (χ2n) is 4.61. The van der Waals surface area contributed by atoms with E-state index in [2.05, 4.69) is 5.32 Å². The van der Waals surface area contributed by atoms with Crippen LogP contribution in [0.4, 0.5) is 4.79 Å². The molecular formula is C11H21N3O3. The second kappa shape index (κ2) is 5.97. The summed E-state index contributed by atoms with van der Waals surface area (Å²) in [4.78, 5) is 24.0. The third-order valence-electron chi connectivity index (χ3n) is 3.45. The van der Waals surface area contributed by atoms with Gasteiger partial charge in [-0.3, -0.25) is 15.0 Å². The van der Waals surface area contributed by atoms with Crippen LogP contribution in [0.1, 0.15) is 32.6 Å². The van der Waals surface area contributed by atoms with Crippen LogP contribution in [-0.2, 0) is 4.79 Å². The van der Waals surface area contributed by atoms with Gasteiger partial charge in [0.05, 0.1) is 12.1 Å². The Bertz CT molecular complexity index is 296. The van der Waals surface area contributed by atoms with Crippen molar-refractivity contribution in [3.8, 4) is 0 Å². The van der Waals surface area contributed by atoms with E-state index in [9.17, 15) is 14.7 Å². The van der Waals surface area contributed by atoms with E-state index in [0.29, 0.717) is 0 Å². The third kappa shape index (κ3) is 3.67. The van der Waals surface area contributed by atoms with Crippen LogP contribution in [0.2, 0.25) is 0 Å². The van der Waals surface area contributed by atoms with Crippen LogP contribution in [0.15, 0.2) is 0 Å². The lowest BCUT2D eigenvalue weighted by atomic mass is 9.91. The van der Waals surface area contributed by atoms with Gasteiger partial charge in [0.15, 0.2) is 0 Å². The quantitative estimate of drug-likeness (QED) is 0.640. The van der Waals surface area contributed by atoms with Crippen LogP contribution >= 0.6 is 0 Å². The summed E-state index contributed by atoms with van der Waals surface area (Å²) in [6.45, 7) is 1.69. The van der Waals surface area contributed by atoms with Crippen LogP contribution in [-0.4, -0.2) is 47.2 Å². The number of urea groups is 1. The van der Waals surface area contributed by atoms with Gasteiger partial charge in [0.25, 0.3) is 0 Å². The van der Waals surface area contributed by atoms with Crippen LogP contribution in [0.3, 0.4) is 0 Å². The molecule has 1 fully saturated rings. The summed E-state index contributed by atoms with van der Waals surface area (Å²) in [6.07, 6.45) is 3.30. The van der Waals surface area contributed by atoms with E-state index in [4.69, 9.17) is 5.73 Å². The Hall–Kier alpha value is -1.14. The molecule has 1 rings (SSSR count). The molecule has 0 aliphatic heterocycles. The van der Waals surface area contributed by atoms with E-state index >= 15 is 0 Å². The molecule has 0 aromatic rings. The van der Waals surface area contributed by atoms with Crippen molar-refractivity contribution < 1.29 is 14.7 Å². The van der Waals surface area contributed by atoms with E-state index in [1.807, 2.05) is 4.90 Å². The molecule has 1 aliphatic carbocycles. The minimum Gasteiger partial charge on any atom is -0.391 e. The van der Waals surface area contributed by atoms with Gasteiger partial charge < -0.3 is 10.8 Å². The number of nitrogens with zero attached hydrogens (tertiary/aromatic N) is 1. The summed E-state index contributed by atoms with van der Waals surface area (Å²) in [6, 6.07) is -1.36. The number of aliphatic hydroxyl groups excluding tert-OH is 1. The number of nitrogens with one attached hydrogen (secondary N) is 1. The molecule has 0 heterocycles. The minimum atomic E-state index is -0.848. The summed E-state index contributed by atoms with van der Waals surface area (Å²) in [5, 5.41) is 11.9. The lowest BCUT2D eigenvalue weighted by Gasteiger charge is -2.37. The number of carbonyl (C=O) groups excluding carboxylic acids is 2. The molecule has 6 nitrogen and oxygen atoms in total. The number of primary amides is 1. The van der Waals surface area contributed by atoms with Gasteiger partial charge >= 0.3 is 6.03 Å². The molecule has 1 saturated carbocycles. The molecule has 1 aliphatic rings. The number of hydrogen-bond acceptors (Lipinski definition) is 4. The number of aliphatic hydroxyl groups is 1. The first-order chi connectivity index (χ1) is 7.93. The summed E-state index contributed by atoms with van der Waals surface area (Å²) in [5.41, 5.74) is 4.90. The van der Waals surface area contributed by atoms with E-state index in [-0.39, 0.29) is 6.04 Å². The van der Waals surface area contributed by atoms with Crippen molar-refractivity contribution in [1.82, 2.24) is 10.2 Å². The highest BCUT2D eigenvalue weighted by Crippen LogP contribution is 2.23. The van der Waals surface area contributed by atoms with Crippen molar-refractivity contribution in [2.45, 2.75) is 50.8 Å². The maximum atomic E-state index is 11.6. The molecule has 3 unspecified atom stereocenters. The number of nitrogens with two attached hydrogens (primary N) is 1. The molecular weight excluding hydrogens is 222 g/mol. The van der Waals surface area contributed by atoms with Gasteiger partial charge in [-0.15, -0.1) is 0 Å². The molecule has 4 N–H and O–H groups in total. The number of amides is 3. The van der Waals surface area contributed by atoms with E-state index in [0.717, 1.165) is 25.7 Å². The Labute approximate surface area is 101 Å². The summed E-state index contributed by atoms with van der Waals surface area (Å²) < 4.78 is 0. The SMILES string of the molecule is CC(C(=O)NC(N)=O)N(C)C1CCCCC1O. The van der Waals surface area contributed by atoms with Gasteiger partial charge in [0.1, 0.15) is 0 Å². The van der Waals surface area contributed by atoms with Crippen molar-refractivity contribution in [1.29, 1.82) is 0 Å². The first kappa shape index (κ1) is 13.9. The van der Waals surface area contributed by atoms with E-state index in [1.165, 1.54) is 0 Å². The van der Waals surface area contributed by atoms with Crippen molar-refractivity contribution >= 4 is 11.9 Å². The number of imide groups is 1. The van der Waals surface area contributed by atoms with Crippen LogP contribution in [0.25, 0.3) is 0 Å². The molecule has 0 bridgehead atoms. The predicted molar refractivity (Wildman–Crippen MR) is 63.2 cm³/mol. The Balaban J connectivity index is 2.58. The van der Waals surface area contributed by atoms with Crippen molar-refractivity contribution in [3.63, 3.8) is 0 Å². The molecule has 98 valence electrons. The lowest BCUT2D eigenvalue weighted by Crippen LogP contribution is -2.53. The second-order valence-corrected chi connectivity index (χ2v) is 4.61. The molecule has 3 atom stereocenters. The summed E-state index contributed by atoms with van der Waals surface area (Å²) in [7, 11) is 1.78. The van der Waals surface area contributed by atoms with Crippen molar-refractivity contribution in [2.75, 3.05) is 7.05 Å². The maximum absolute atomic E-state index is 11.6. The number of likely N-dealkylation sites (N-methyl/N-ethyl adjacent to an activating group) is 1. The van der Waals surface area contributed by atoms with Gasteiger partial charge in [0.2, 0.25) is 5.91 Å². The number of hydrogen-bond donors (Lipinski definition) is 3. The van der Waals surface area contributed by atoms with Crippen LogP contribution in [0, 0.1) is 0 Å². The molecule has 6 heteroatoms. The standard InChI is InChI=1S/C11H21N3O3/c1-7(10(16)13-11(12)17)14(2)8-5-3-4-6-9(8)15/h7-9,15H,3-6H2,1-2H3,(H3,12,13,16,17). The van der Waals surface area contributed by atoms with E-state index in [1.54, 1.807) is 14.0 Å². The zero-order chi connectivity index (χ0) is 13.0. The number of carbonyl (C=O) groups is 2. The smallest absolute Gasteiger partial charge is 0.318 e. The van der Waals surface area contributed by atoms with Gasteiger partial charge in [0, 0.05) is 6.04 Å². The largest absolute Gasteiger partial charge is 0.391 e. The Morgan fingerprint density at radius 2 is 2.00 bits per heavy atom. The summed E-state index contributed by atoms with van der Waals surface area (Å²) in [5.74, 6) is -0.433. The maximum Gasteiger partial charge on any atom is 0.318 e. The minimum absolute atomic E-state index is 0.0302. The van der Waals surface area contributed by atoms with Gasteiger partial charge in [-0.05, 0) is 26.8 Å². The predicted octanol–water partition coefficient (Wildman–Crippen LogP) is -0.195. The monoisotopic (exact) mass is 243 g/mol. The van der Waals surface area contributed by atoms with E-state index < -0.39 is 24.1 Å². The first-order valence-electron chi connectivity index (χ1n) is 5.93. The fourth-order valence-corrected chi connectivity index (χ4v) is 2.26. The van der Waals surface area contributed by atoms with Crippen molar-refractivity contribution in [2.24, 2.45) is 5.73 Å². The number of rotatable bonds is 3. The van der Waals surface area contributed by atoms with Gasteiger partial charge in [-0.2, -0.15) is 0 Å². The normalized spacial score (nSPS) is 26.6. The molecule has 3 amide bonds. The fourth-order valence-electron chi connectivity index (χ4n) is 2.26. The summed E-state index contributed by atoms with van der Waals surface area (Å²) >= 11 is 0. The fraction of sp³-hybridized carbons (Fsp3) is 0.818. The molecule has 0 spiro atoms. The topological polar surface area (TPSA) is 95.7 Å². The van der Waals surface area contributed by atoms with Gasteiger partial charge in [-0.1, -0.05) is 12.8 Å². The highest BCUT2D eigenvalue weighted by atomic mass is 16.3. The van der Waals surface area contributed by atoms with Crippen LogP contribution in [0.5, 0.6) is 0 Å². The van der Waals surface area contributed by atoms with Crippen LogP contribution < -0.4 is 11.1 Å². The average molecular weight is 243 g/mol. The highest BCUT2D eigenvalue weighted by molar-refractivity contribution is 5.96. The zero-order valence-electron chi connectivity index (χ0n) is 10.3. The zero-order valence-corrected chi connectivity index (χ0v) is 10.3.